The van der Waals surface area contributed by atoms with E-state index in [1.54, 1.807) is 0 Å². The van der Waals surface area contributed by atoms with Crippen molar-refractivity contribution in [2.24, 2.45) is 5.41 Å². The third kappa shape index (κ3) is 3.03. The zero-order valence-corrected chi connectivity index (χ0v) is 11.2. The molecule has 1 saturated heterocycles. The van der Waals surface area contributed by atoms with E-state index in [1.807, 2.05) is 6.92 Å². The number of hydrogen-bond acceptors (Lipinski definition) is 4. The second-order valence-electron chi connectivity index (χ2n) is 5.42. The summed E-state index contributed by atoms with van der Waals surface area (Å²) in [6.45, 7) is 1.85. The Labute approximate surface area is 112 Å². The SMILES string of the molecule is C[C@@]1(C(=O)ON2C(=O)CCC2=O)CC/C=C/CCC1. The Bertz CT molecular complexity index is 413. The Morgan fingerprint density at radius 2 is 1.79 bits per heavy atom. The van der Waals surface area contributed by atoms with Gasteiger partial charge in [-0.3, -0.25) is 9.59 Å². The number of hydroxylamine groups is 2. The van der Waals surface area contributed by atoms with Gasteiger partial charge in [-0.15, -0.1) is 5.06 Å². The minimum Gasteiger partial charge on any atom is -0.330 e. The molecule has 0 saturated carbocycles. The second kappa shape index (κ2) is 5.55. The van der Waals surface area contributed by atoms with Crippen LogP contribution < -0.4 is 0 Å². The van der Waals surface area contributed by atoms with Crippen molar-refractivity contribution in [3.05, 3.63) is 12.2 Å². The number of imide groups is 1. The predicted octanol–water partition coefficient (Wildman–Crippen LogP) is 2.12. The Hall–Kier alpha value is -1.65. The molecule has 0 aromatic heterocycles. The van der Waals surface area contributed by atoms with Gasteiger partial charge in [-0.25, -0.2) is 4.79 Å². The molecule has 0 spiro atoms. The number of carbonyl (C=O) groups excluding carboxylic acids is 3. The third-order valence-electron chi connectivity index (χ3n) is 3.80. The molecule has 0 radical (unpaired) electrons. The molecule has 1 heterocycles. The van der Waals surface area contributed by atoms with Crippen LogP contribution in [0.15, 0.2) is 12.2 Å². The molecule has 2 amide bonds. The minimum absolute atomic E-state index is 0.131. The fraction of sp³-hybridized carbons (Fsp3) is 0.643. The topological polar surface area (TPSA) is 63.7 Å². The van der Waals surface area contributed by atoms with Gasteiger partial charge >= 0.3 is 5.97 Å². The van der Waals surface area contributed by atoms with Gasteiger partial charge in [0, 0.05) is 12.8 Å². The zero-order chi connectivity index (χ0) is 13.9. The van der Waals surface area contributed by atoms with Gasteiger partial charge in [-0.05, 0) is 39.0 Å². The smallest absolute Gasteiger partial charge is 0.330 e. The number of allylic oxidation sites excluding steroid dienone is 2. The van der Waals surface area contributed by atoms with Gasteiger partial charge in [0.2, 0.25) is 0 Å². The van der Waals surface area contributed by atoms with Crippen LogP contribution in [0.4, 0.5) is 0 Å². The van der Waals surface area contributed by atoms with Crippen LogP contribution >= 0.6 is 0 Å². The molecule has 0 bridgehead atoms. The van der Waals surface area contributed by atoms with Crippen LogP contribution in [-0.4, -0.2) is 22.8 Å². The van der Waals surface area contributed by atoms with Gasteiger partial charge < -0.3 is 4.84 Å². The lowest BCUT2D eigenvalue weighted by Gasteiger charge is -2.28. The van der Waals surface area contributed by atoms with Gasteiger partial charge in [-0.1, -0.05) is 12.2 Å². The van der Waals surface area contributed by atoms with Gasteiger partial charge in [0.15, 0.2) is 0 Å². The largest absolute Gasteiger partial charge is 0.339 e. The van der Waals surface area contributed by atoms with Crippen molar-refractivity contribution in [3.63, 3.8) is 0 Å². The lowest BCUT2D eigenvalue weighted by Crippen LogP contribution is -2.39. The molecule has 0 N–H and O–H groups in total. The minimum atomic E-state index is -0.617. The molecule has 1 aliphatic carbocycles. The van der Waals surface area contributed by atoms with Crippen LogP contribution in [0.2, 0.25) is 0 Å². The van der Waals surface area contributed by atoms with Crippen LogP contribution in [0.3, 0.4) is 0 Å². The Kier molecular flexibility index (Phi) is 4.02. The van der Waals surface area contributed by atoms with Crippen molar-refractivity contribution in [2.75, 3.05) is 0 Å². The summed E-state index contributed by atoms with van der Waals surface area (Å²) in [6.07, 6.45) is 8.51. The lowest BCUT2D eigenvalue weighted by molar-refractivity contribution is -0.205. The van der Waals surface area contributed by atoms with E-state index in [2.05, 4.69) is 12.2 Å². The highest BCUT2D eigenvalue weighted by Gasteiger charge is 2.40. The van der Waals surface area contributed by atoms with E-state index in [0.29, 0.717) is 17.9 Å². The molecule has 1 atom stereocenters. The third-order valence-corrected chi connectivity index (χ3v) is 3.80. The van der Waals surface area contributed by atoms with Crippen LogP contribution in [0.1, 0.15) is 51.9 Å². The molecule has 0 aromatic carbocycles. The standard InChI is InChI=1S/C14H19NO4/c1-14(9-5-3-2-4-6-10-14)13(18)19-15-11(16)7-8-12(15)17/h2-3H,4-10H2,1H3/b3-2+/t14-/m1/s1. The fourth-order valence-corrected chi connectivity index (χ4v) is 2.43. The van der Waals surface area contributed by atoms with Crippen molar-refractivity contribution >= 4 is 17.8 Å². The first kappa shape index (κ1) is 13.8. The second-order valence-corrected chi connectivity index (χ2v) is 5.42. The predicted molar refractivity (Wildman–Crippen MR) is 67.5 cm³/mol. The van der Waals surface area contributed by atoms with Gasteiger partial charge in [0.05, 0.1) is 5.41 Å². The average molecular weight is 265 g/mol. The number of amides is 2. The van der Waals surface area contributed by atoms with E-state index >= 15 is 0 Å². The summed E-state index contributed by atoms with van der Waals surface area (Å²) >= 11 is 0. The van der Waals surface area contributed by atoms with E-state index in [1.165, 1.54) is 0 Å². The summed E-state index contributed by atoms with van der Waals surface area (Å²) in [5.74, 6) is -1.31. The summed E-state index contributed by atoms with van der Waals surface area (Å²) in [5.41, 5.74) is -0.617. The summed E-state index contributed by atoms with van der Waals surface area (Å²) < 4.78 is 0. The first-order valence-corrected chi connectivity index (χ1v) is 6.76. The van der Waals surface area contributed by atoms with Crippen LogP contribution in [0, 0.1) is 5.41 Å². The van der Waals surface area contributed by atoms with Crippen LogP contribution in [-0.2, 0) is 19.2 Å². The average Bonchev–Trinajstić information content (AvgIpc) is 2.66. The molecule has 2 rings (SSSR count). The molecule has 19 heavy (non-hydrogen) atoms. The highest BCUT2D eigenvalue weighted by molar-refractivity contribution is 6.01. The van der Waals surface area contributed by atoms with E-state index in [9.17, 15) is 14.4 Å². The lowest BCUT2D eigenvalue weighted by atomic mass is 9.79. The van der Waals surface area contributed by atoms with Gasteiger partial charge in [0.25, 0.3) is 11.8 Å². The summed E-state index contributed by atoms with van der Waals surface area (Å²) in [5, 5.41) is 0.641. The molecule has 2 aliphatic rings. The molecule has 1 fully saturated rings. The maximum absolute atomic E-state index is 12.2. The van der Waals surface area contributed by atoms with Gasteiger partial charge in [-0.2, -0.15) is 0 Å². The van der Waals surface area contributed by atoms with Gasteiger partial charge in [0.1, 0.15) is 0 Å². The molecule has 5 nitrogen and oxygen atoms in total. The number of carbonyl (C=O) groups is 3. The molecule has 104 valence electrons. The zero-order valence-electron chi connectivity index (χ0n) is 11.2. The van der Waals surface area contributed by atoms with E-state index < -0.39 is 23.2 Å². The Morgan fingerprint density at radius 1 is 1.16 bits per heavy atom. The summed E-state index contributed by atoms with van der Waals surface area (Å²) in [7, 11) is 0. The van der Waals surface area contributed by atoms with Crippen molar-refractivity contribution in [2.45, 2.75) is 51.9 Å². The molecule has 1 aliphatic heterocycles. The summed E-state index contributed by atoms with van der Waals surface area (Å²) in [6, 6.07) is 0. The van der Waals surface area contributed by atoms with E-state index in [4.69, 9.17) is 4.84 Å². The molecule has 5 heteroatoms. The first-order valence-electron chi connectivity index (χ1n) is 6.76. The van der Waals surface area contributed by atoms with Crippen molar-refractivity contribution in [1.82, 2.24) is 5.06 Å². The molecule has 0 unspecified atom stereocenters. The van der Waals surface area contributed by atoms with Crippen molar-refractivity contribution in [1.29, 1.82) is 0 Å². The monoisotopic (exact) mass is 265 g/mol. The maximum Gasteiger partial charge on any atom is 0.339 e. The number of rotatable bonds is 2. The van der Waals surface area contributed by atoms with Crippen molar-refractivity contribution < 1.29 is 19.2 Å². The van der Waals surface area contributed by atoms with E-state index in [-0.39, 0.29) is 12.8 Å². The Balaban J connectivity index is 2.03. The number of hydrogen-bond donors (Lipinski definition) is 0. The Morgan fingerprint density at radius 3 is 2.47 bits per heavy atom. The first-order chi connectivity index (χ1) is 9.03. The normalized spacial score (nSPS) is 29.8. The van der Waals surface area contributed by atoms with Crippen LogP contribution in [0.5, 0.6) is 0 Å². The molecule has 0 aromatic rings. The molecular weight excluding hydrogens is 246 g/mol. The van der Waals surface area contributed by atoms with E-state index in [0.717, 1.165) is 19.3 Å². The highest BCUT2D eigenvalue weighted by Crippen LogP contribution is 2.34. The van der Waals surface area contributed by atoms with Crippen molar-refractivity contribution in [3.8, 4) is 0 Å². The number of nitrogens with zero attached hydrogens (tertiary/aromatic N) is 1. The maximum atomic E-state index is 12.2. The van der Waals surface area contributed by atoms with Crippen LogP contribution in [0.25, 0.3) is 0 Å². The molecular formula is C14H19NO4. The fourth-order valence-electron chi connectivity index (χ4n) is 2.43. The quantitative estimate of drug-likeness (QED) is 0.566. The summed E-state index contributed by atoms with van der Waals surface area (Å²) in [4.78, 5) is 40.2. The highest BCUT2D eigenvalue weighted by atomic mass is 16.7.